The van der Waals surface area contributed by atoms with Crippen molar-refractivity contribution in [3.63, 3.8) is 0 Å². The Morgan fingerprint density at radius 2 is 0.329 bits per heavy atom. The quantitative estimate of drug-likeness (QED) is 0.0427. The first-order chi connectivity index (χ1) is 35.5. The third-order valence-corrected chi connectivity index (χ3v) is 25.2. The fourth-order valence-electron chi connectivity index (χ4n) is 8.86. The molecule has 0 bridgehead atoms. The summed E-state index contributed by atoms with van der Waals surface area (Å²) in [5.74, 6) is 0. The number of rotatable bonds is 53. The second-order valence-corrected chi connectivity index (χ2v) is 31.0. The van der Waals surface area contributed by atoms with Crippen molar-refractivity contribution in [2.45, 2.75) is 292 Å². The average molecular weight is 1120 g/mol. The molecule has 0 N–H and O–H groups in total. The van der Waals surface area contributed by atoms with Crippen molar-refractivity contribution in [2.24, 2.45) is 0 Å². The Labute approximate surface area is 461 Å². The van der Waals surface area contributed by atoms with Crippen LogP contribution in [0.3, 0.4) is 0 Å². The minimum absolute atomic E-state index is 0.676. The summed E-state index contributed by atoms with van der Waals surface area (Å²) in [4.78, 5) is 0. The summed E-state index contributed by atoms with van der Waals surface area (Å²) in [5, 5.41) is 0. The lowest BCUT2D eigenvalue weighted by Crippen LogP contribution is -2.45. The number of hydrogen-bond donors (Lipinski definition) is 0. The van der Waals surface area contributed by atoms with Crippen molar-refractivity contribution in [1.82, 2.24) is 0 Å². The maximum absolute atomic E-state index is 5.89. The van der Waals surface area contributed by atoms with Crippen LogP contribution in [0, 0.1) is 0 Å². The Morgan fingerprint density at radius 3 is 0.507 bits per heavy atom. The topological polar surface area (TPSA) is 111 Å². The molecule has 0 atom stereocenters. The van der Waals surface area contributed by atoms with Gasteiger partial charge in [-0.1, -0.05) is 207 Å². The van der Waals surface area contributed by atoms with Gasteiger partial charge in [-0.15, -0.1) is 0 Å². The van der Waals surface area contributed by atoms with E-state index in [0.29, 0.717) is 33.0 Å². The highest BCUT2D eigenvalue weighted by molar-refractivity contribution is 6.61. The molecule has 0 heterocycles. The molecule has 446 valence electrons. The van der Waals surface area contributed by atoms with Crippen LogP contribution in [-0.4, -0.2) is 118 Å². The van der Waals surface area contributed by atoms with Crippen LogP contribution >= 0.6 is 0 Å². The third-order valence-electron chi connectivity index (χ3n) is 13.3. The SMILES string of the molecule is CCCCCCCCCCCC[Si](OC)(OC)OC.CCCCCCCCCCCC[Si](OCC)(OCC)OCC.CCCCCCCC[Si](OC)(OC)OC.CCCCCCCC[Si](OC)(OCC)OCC. The van der Waals surface area contributed by atoms with Crippen molar-refractivity contribution in [3.05, 3.63) is 0 Å². The van der Waals surface area contributed by atoms with E-state index in [4.69, 9.17) is 53.1 Å². The van der Waals surface area contributed by atoms with Crippen LogP contribution in [0.2, 0.25) is 24.2 Å². The van der Waals surface area contributed by atoms with E-state index in [2.05, 4.69) is 27.7 Å². The standard InChI is InChI=1S/C18H40O3Si.C15H34O3Si.C13H30O3Si.C11H26O3Si/c1-5-9-10-11-12-13-14-15-16-17-18-22(19-6-2,20-7-3)21-8-4;1-5-6-7-8-9-10-11-12-13-14-15-19(16-2,17-3)18-4;1-5-8-9-10-11-12-13-17(14-4,15-6-2)16-7-3;1-5-6-7-8-9-10-11-15(12-2,13-3)14-4/h5-18H2,1-4H3;5-15H2,1-4H3;5-13H2,1-4H3;5-11H2,1-4H3. The van der Waals surface area contributed by atoms with Crippen molar-refractivity contribution < 1.29 is 53.1 Å². The number of unbranched alkanes of at least 4 members (excludes halogenated alkanes) is 28. The number of hydrogen-bond acceptors (Lipinski definition) is 12. The van der Waals surface area contributed by atoms with Gasteiger partial charge >= 0.3 is 35.2 Å². The molecule has 0 aromatic rings. The molecule has 0 spiro atoms. The van der Waals surface area contributed by atoms with E-state index >= 15 is 0 Å². The first kappa shape index (κ1) is 79.9. The molecule has 0 fully saturated rings. The summed E-state index contributed by atoms with van der Waals surface area (Å²) >= 11 is 0. The van der Waals surface area contributed by atoms with Gasteiger partial charge in [-0.2, -0.15) is 0 Å². The lowest BCUT2D eigenvalue weighted by atomic mass is 10.1. The summed E-state index contributed by atoms with van der Waals surface area (Å²) in [6.45, 7) is 22.5. The molecule has 0 aliphatic heterocycles. The molecule has 0 aliphatic carbocycles. The van der Waals surface area contributed by atoms with Gasteiger partial charge in [-0.25, -0.2) is 0 Å². The van der Waals surface area contributed by atoms with E-state index in [1.165, 1.54) is 186 Å². The summed E-state index contributed by atoms with van der Waals surface area (Å²) in [6, 6.07) is 3.80. The maximum atomic E-state index is 5.89. The smallest absolute Gasteiger partial charge is 0.377 e. The van der Waals surface area contributed by atoms with Gasteiger partial charge in [-0.05, 0) is 60.3 Å². The molecule has 0 rings (SSSR count). The minimum atomic E-state index is -2.39. The van der Waals surface area contributed by atoms with Crippen molar-refractivity contribution in [3.8, 4) is 0 Å². The first-order valence-corrected chi connectivity index (χ1v) is 38.3. The Bertz CT molecular complexity index is 978. The molecule has 16 heteroatoms. The maximum Gasteiger partial charge on any atom is 0.500 e. The van der Waals surface area contributed by atoms with Crippen LogP contribution in [0.5, 0.6) is 0 Å². The summed E-state index contributed by atoms with van der Waals surface area (Å²) < 4.78 is 67.0. The normalized spacial score (nSPS) is 12.0. The fourth-order valence-corrected chi connectivity index (χ4v) is 17.5. The second kappa shape index (κ2) is 61.6. The van der Waals surface area contributed by atoms with E-state index in [-0.39, 0.29) is 0 Å². The van der Waals surface area contributed by atoms with E-state index < -0.39 is 35.2 Å². The molecule has 73 heavy (non-hydrogen) atoms. The van der Waals surface area contributed by atoms with Crippen LogP contribution in [-0.2, 0) is 53.1 Å². The first-order valence-electron chi connectivity index (χ1n) is 30.5. The van der Waals surface area contributed by atoms with Gasteiger partial charge in [-0.3, -0.25) is 0 Å². The van der Waals surface area contributed by atoms with Crippen LogP contribution < -0.4 is 0 Å². The van der Waals surface area contributed by atoms with Gasteiger partial charge < -0.3 is 53.1 Å². The largest absolute Gasteiger partial charge is 0.500 e. The van der Waals surface area contributed by atoms with Crippen LogP contribution in [0.4, 0.5) is 0 Å². The Kier molecular flexibility index (Phi) is 67.4. The summed E-state index contributed by atoms with van der Waals surface area (Å²) in [5.41, 5.74) is 0. The molecule has 0 amide bonds. The van der Waals surface area contributed by atoms with Gasteiger partial charge in [0.1, 0.15) is 0 Å². The summed E-state index contributed by atoms with van der Waals surface area (Å²) in [6.07, 6.45) is 42.5. The average Bonchev–Trinajstić information content (AvgIpc) is 3.40. The van der Waals surface area contributed by atoms with Crippen molar-refractivity contribution in [2.75, 3.05) is 82.8 Å². The highest BCUT2D eigenvalue weighted by atomic mass is 28.4. The predicted octanol–water partition coefficient (Wildman–Crippen LogP) is 18.0. The van der Waals surface area contributed by atoms with Gasteiger partial charge in [0.05, 0.1) is 0 Å². The molecule has 0 aliphatic rings. The summed E-state index contributed by atoms with van der Waals surface area (Å²) in [7, 11) is 2.50. The predicted molar refractivity (Wildman–Crippen MR) is 320 cm³/mol. The zero-order valence-corrected chi connectivity index (χ0v) is 55.9. The fraction of sp³-hybridized carbons (Fsp3) is 1.00. The molecule has 0 aromatic carbocycles. The zero-order valence-electron chi connectivity index (χ0n) is 51.9. The van der Waals surface area contributed by atoms with E-state index in [1.807, 2.05) is 34.6 Å². The van der Waals surface area contributed by atoms with Crippen LogP contribution in [0.1, 0.15) is 268 Å². The Balaban J connectivity index is -0.000000439. The highest BCUT2D eigenvalue weighted by Crippen LogP contribution is 2.23. The lowest BCUT2D eigenvalue weighted by Gasteiger charge is -2.28. The molecule has 0 radical (unpaired) electrons. The Morgan fingerprint density at radius 1 is 0.178 bits per heavy atom. The molecule has 0 unspecified atom stereocenters. The molecule has 0 saturated heterocycles. The van der Waals surface area contributed by atoms with Crippen LogP contribution in [0.25, 0.3) is 0 Å². The van der Waals surface area contributed by atoms with E-state index in [0.717, 1.165) is 43.4 Å². The van der Waals surface area contributed by atoms with Gasteiger partial charge in [0.15, 0.2) is 0 Å². The second-order valence-electron chi connectivity index (χ2n) is 19.2. The zero-order chi connectivity index (χ0) is 55.5. The molecule has 0 aromatic heterocycles. The van der Waals surface area contributed by atoms with Crippen molar-refractivity contribution >= 4 is 35.2 Å². The van der Waals surface area contributed by atoms with Crippen LogP contribution in [0.15, 0.2) is 0 Å². The minimum Gasteiger partial charge on any atom is -0.377 e. The third kappa shape index (κ3) is 49.2. The molecular weight excluding hydrogens is 989 g/mol. The molecular formula is C57H130O12Si4. The highest BCUT2D eigenvalue weighted by Gasteiger charge is 2.40. The lowest BCUT2D eigenvalue weighted by molar-refractivity contribution is 0.0706. The van der Waals surface area contributed by atoms with Gasteiger partial charge in [0, 0.05) is 107 Å². The monoisotopic (exact) mass is 1120 g/mol. The van der Waals surface area contributed by atoms with E-state index in [9.17, 15) is 0 Å². The van der Waals surface area contributed by atoms with Gasteiger partial charge in [0.25, 0.3) is 0 Å². The molecule has 12 nitrogen and oxygen atoms in total. The van der Waals surface area contributed by atoms with E-state index in [1.54, 1.807) is 49.8 Å². The van der Waals surface area contributed by atoms with Gasteiger partial charge in [0.2, 0.25) is 0 Å². The van der Waals surface area contributed by atoms with Crippen molar-refractivity contribution in [1.29, 1.82) is 0 Å². The Hall–Kier alpha value is 0.388. The molecule has 0 saturated carbocycles.